The van der Waals surface area contributed by atoms with Crippen molar-refractivity contribution in [3.8, 4) is 11.5 Å². The van der Waals surface area contributed by atoms with E-state index < -0.39 is 0 Å². The van der Waals surface area contributed by atoms with Crippen LogP contribution >= 0.6 is 23.5 Å². The van der Waals surface area contributed by atoms with Crippen LogP contribution in [0, 0.1) is 17.8 Å². The van der Waals surface area contributed by atoms with E-state index in [2.05, 4.69) is 28.8 Å². The summed E-state index contributed by atoms with van der Waals surface area (Å²) in [5.74, 6) is 5.76. The maximum atomic E-state index is 12.9. The molecule has 2 bridgehead atoms. The second kappa shape index (κ2) is 6.31. The lowest BCUT2D eigenvalue weighted by atomic mass is 9.67. The van der Waals surface area contributed by atoms with Crippen molar-refractivity contribution in [3.63, 3.8) is 0 Å². The van der Waals surface area contributed by atoms with Crippen molar-refractivity contribution in [3.05, 3.63) is 18.2 Å². The Labute approximate surface area is 156 Å². The zero-order valence-corrected chi connectivity index (χ0v) is 15.8. The smallest absolute Gasteiger partial charge is 0.231 e. The van der Waals surface area contributed by atoms with E-state index in [9.17, 15) is 4.79 Å². The van der Waals surface area contributed by atoms with Crippen molar-refractivity contribution in [1.82, 2.24) is 0 Å². The molecule has 1 N–H and O–H groups in total. The lowest BCUT2D eigenvalue weighted by Gasteiger charge is -2.52. The fraction of sp³-hybridized carbons (Fsp3) is 0.632. The molecule has 5 rings (SSSR count). The van der Waals surface area contributed by atoms with Crippen molar-refractivity contribution >= 4 is 35.1 Å². The first-order valence-corrected chi connectivity index (χ1v) is 11.2. The molecule has 6 heteroatoms. The first-order chi connectivity index (χ1) is 12.2. The molecule has 3 atom stereocenters. The van der Waals surface area contributed by atoms with Crippen LogP contribution in [0.3, 0.4) is 0 Å². The van der Waals surface area contributed by atoms with Crippen LogP contribution < -0.4 is 14.8 Å². The Morgan fingerprint density at radius 1 is 1.08 bits per heavy atom. The van der Waals surface area contributed by atoms with E-state index in [0.717, 1.165) is 30.0 Å². The normalized spacial score (nSPS) is 31.9. The molecule has 4 aliphatic rings. The summed E-state index contributed by atoms with van der Waals surface area (Å²) >= 11 is 4.38. The summed E-state index contributed by atoms with van der Waals surface area (Å²) in [6.45, 7) is 0.260. The summed E-state index contributed by atoms with van der Waals surface area (Å²) in [6, 6.07) is 5.64. The van der Waals surface area contributed by atoms with Crippen molar-refractivity contribution in [2.24, 2.45) is 17.8 Å². The van der Waals surface area contributed by atoms with Gasteiger partial charge in [0.25, 0.3) is 0 Å². The van der Waals surface area contributed by atoms with E-state index in [1.165, 1.54) is 30.8 Å². The molecule has 4 nitrogen and oxygen atoms in total. The van der Waals surface area contributed by atoms with Crippen molar-refractivity contribution in [1.29, 1.82) is 0 Å². The van der Waals surface area contributed by atoms with Crippen molar-refractivity contribution in [2.75, 3.05) is 23.6 Å². The minimum absolute atomic E-state index is 0.146. The van der Waals surface area contributed by atoms with Crippen LogP contribution in [0.25, 0.3) is 0 Å². The molecule has 1 spiro atoms. The fourth-order valence-corrected chi connectivity index (χ4v) is 8.98. The summed E-state index contributed by atoms with van der Waals surface area (Å²) in [5, 5.41) is 3.12. The Kier molecular flexibility index (Phi) is 4.08. The zero-order valence-electron chi connectivity index (χ0n) is 14.2. The summed E-state index contributed by atoms with van der Waals surface area (Å²) in [6.07, 6.45) is 6.03. The third-order valence-electron chi connectivity index (χ3n) is 6.13. The molecular formula is C19H23NO3S2. The Morgan fingerprint density at radius 3 is 2.56 bits per heavy atom. The highest BCUT2D eigenvalue weighted by Crippen LogP contribution is 2.64. The maximum Gasteiger partial charge on any atom is 0.231 e. The van der Waals surface area contributed by atoms with E-state index in [1.54, 1.807) is 0 Å². The predicted octanol–water partition coefficient (Wildman–Crippen LogP) is 4.36. The molecule has 3 fully saturated rings. The molecule has 25 heavy (non-hydrogen) atoms. The van der Waals surface area contributed by atoms with Crippen molar-refractivity contribution < 1.29 is 14.3 Å². The van der Waals surface area contributed by atoms with Crippen LogP contribution in [0.1, 0.15) is 32.1 Å². The number of nitrogens with one attached hydrogen (secondary N) is 1. The van der Waals surface area contributed by atoms with E-state index in [1.807, 2.05) is 18.2 Å². The van der Waals surface area contributed by atoms with Gasteiger partial charge < -0.3 is 14.8 Å². The average molecular weight is 378 g/mol. The van der Waals surface area contributed by atoms with Crippen molar-refractivity contribution in [2.45, 2.75) is 36.2 Å². The average Bonchev–Trinajstić information content (AvgIpc) is 3.24. The molecule has 1 amide bonds. The third-order valence-corrected chi connectivity index (χ3v) is 10.1. The summed E-state index contributed by atoms with van der Waals surface area (Å²) in [4.78, 5) is 12.9. The summed E-state index contributed by atoms with van der Waals surface area (Å²) in [5.41, 5.74) is 0.810. The number of thioether (sulfide) groups is 2. The Hall–Kier alpha value is -1.01. The van der Waals surface area contributed by atoms with Gasteiger partial charge in [-0.1, -0.05) is 6.42 Å². The molecule has 2 aliphatic carbocycles. The minimum atomic E-state index is 0.146. The summed E-state index contributed by atoms with van der Waals surface area (Å²) < 4.78 is 11.2. The molecule has 1 unspecified atom stereocenters. The first-order valence-electron chi connectivity index (χ1n) is 9.23. The molecule has 0 radical (unpaired) electrons. The lowest BCUT2D eigenvalue weighted by molar-refractivity contribution is -0.122. The number of benzene rings is 1. The molecule has 1 aromatic rings. The molecule has 2 saturated carbocycles. The van der Waals surface area contributed by atoms with Gasteiger partial charge in [-0.15, -0.1) is 23.5 Å². The summed E-state index contributed by atoms with van der Waals surface area (Å²) in [7, 11) is 0. The van der Waals surface area contributed by atoms with Crippen LogP contribution in [0.5, 0.6) is 11.5 Å². The fourth-order valence-electron chi connectivity index (χ4n) is 5.04. The van der Waals surface area contributed by atoms with Crippen LogP contribution in [0.4, 0.5) is 5.69 Å². The highest BCUT2D eigenvalue weighted by atomic mass is 32.2. The number of amides is 1. The number of fused-ring (bicyclic) bond motifs is 1. The maximum absolute atomic E-state index is 12.9. The van der Waals surface area contributed by atoms with Crippen LogP contribution in [0.2, 0.25) is 0 Å². The standard InChI is InChI=1S/C19H23NO3S2/c21-18(20-15-4-5-16-17(10-15)23-11-22-16)12-8-13-2-1-3-14(9-12)19(13)24-6-7-25-19/h4-5,10,12-14H,1-3,6-9,11H2,(H,20,21)/t12?,13-,14+. The molecule has 2 heterocycles. The zero-order chi connectivity index (χ0) is 16.9. The molecule has 0 aromatic heterocycles. The van der Waals surface area contributed by atoms with Gasteiger partial charge in [-0.25, -0.2) is 0 Å². The largest absolute Gasteiger partial charge is 0.454 e. The van der Waals surface area contributed by atoms with Gasteiger partial charge in [0.15, 0.2) is 11.5 Å². The Morgan fingerprint density at radius 2 is 1.80 bits per heavy atom. The Bertz CT molecular complexity index is 673. The van der Waals surface area contributed by atoms with E-state index >= 15 is 0 Å². The second-order valence-corrected chi connectivity index (χ2v) is 10.5. The Balaban J connectivity index is 1.30. The number of ether oxygens (including phenoxy) is 2. The topological polar surface area (TPSA) is 47.6 Å². The van der Waals surface area contributed by atoms with Gasteiger partial charge in [-0.05, 0) is 49.7 Å². The quantitative estimate of drug-likeness (QED) is 0.830. The van der Waals surface area contributed by atoms with Gasteiger partial charge >= 0.3 is 0 Å². The second-order valence-electron chi connectivity index (χ2n) is 7.47. The van der Waals surface area contributed by atoms with E-state index in [0.29, 0.717) is 15.9 Å². The SMILES string of the molecule is O=C(Nc1ccc2c(c1)OCO2)C1C[C@H]2CCC[C@@H](C1)C21SCCS1. The van der Waals surface area contributed by atoms with E-state index in [-0.39, 0.29) is 18.6 Å². The number of carbonyl (C=O) groups is 1. The first kappa shape index (κ1) is 16.2. The molecule has 1 saturated heterocycles. The molecule has 134 valence electrons. The van der Waals surface area contributed by atoms with E-state index in [4.69, 9.17) is 9.47 Å². The van der Waals surface area contributed by atoms with Gasteiger partial charge in [0, 0.05) is 29.2 Å². The highest BCUT2D eigenvalue weighted by molar-refractivity contribution is 8.21. The van der Waals surface area contributed by atoms with Gasteiger partial charge in [0.2, 0.25) is 12.7 Å². The van der Waals surface area contributed by atoms with Crippen LogP contribution in [0.15, 0.2) is 18.2 Å². The number of anilines is 1. The highest BCUT2D eigenvalue weighted by Gasteiger charge is 2.55. The monoisotopic (exact) mass is 377 g/mol. The molecule has 2 aliphatic heterocycles. The lowest BCUT2D eigenvalue weighted by Crippen LogP contribution is -2.48. The number of rotatable bonds is 2. The van der Waals surface area contributed by atoms with Crippen LogP contribution in [-0.4, -0.2) is 28.3 Å². The van der Waals surface area contributed by atoms with Gasteiger partial charge in [-0.3, -0.25) is 4.79 Å². The predicted molar refractivity (Wildman–Crippen MR) is 102 cm³/mol. The third kappa shape index (κ3) is 2.72. The van der Waals surface area contributed by atoms with Gasteiger partial charge in [0.1, 0.15) is 0 Å². The number of hydrogen-bond acceptors (Lipinski definition) is 5. The molecule has 1 aromatic carbocycles. The van der Waals surface area contributed by atoms with Crippen LogP contribution in [-0.2, 0) is 4.79 Å². The number of hydrogen-bond donors (Lipinski definition) is 1. The minimum Gasteiger partial charge on any atom is -0.454 e. The van der Waals surface area contributed by atoms with Gasteiger partial charge in [0.05, 0.1) is 4.08 Å². The molecular weight excluding hydrogens is 354 g/mol. The number of carbonyl (C=O) groups excluding carboxylic acids is 1. The van der Waals surface area contributed by atoms with Gasteiger partial charge in [-0.2, -0.15) is 0 Å².